The second-order valence-electron chi connectivity index (χ2n) is 4.56. The summed E-state index contributed by atoms with van der Waals surface area (Å²) in [4.78, 5) is 11.6. The Morgan fingerprint density at radius 1 is 1.23 bits per heavy atom. The molecular weight excluding hydrogens is 299 g/mol. The van der Waals surface area contributed by atoms with Crippen molar-refractivity contribution in [3.63, 3.8) is 0 Å². The van der Waals surface area contributed by atoms with Crippen molar-refractivity contribution in [3.05, 3.63) is 48.1 Å². The molecule has 22 heavy (non-hydrogen) atoms. The quantitative estimate of drug-likeness (QED) is 0.744. The summed E-state index contributed by atoms with van der Waals surface area (Å²) in [6.07, 6.45) is 0.256. The summed E-state index contributed by atoms with van der Waals surface area (Å²) in [5.74, 6) is -0.676. The number of aryl methyl sites for hydroxylation is 1. The number of nitrogens with zero attached hydrogens (tertiary/aromatic N) is 5. The minimum absolute atomic E-state index is 0.148. The van der Waals surface area contributed by atoms with E-state index in [1.807, 2.05) is 17.7 Å². The molecule has 0 aromatic carbocycles. The van der Waals surface area contributed by atoms with Gasteiger partial charge in [-0.25, -0.2) is 4.98 Å². The monoisotopic (exact) mass is 309 g/mol. The van der Waals surface area contributed by atoms with Gasteiger partial charge in [0.1, 0.15) is 5.82 Å². The van der Waals surface area contributed by atoms with Gasteiger partial charge in [0.2, 0.25) is 5.82 Å². The second kappa shape index (κ2) is 5.24. The fourth-order valence-corrected chi connectivity index (χ4v) is 1.85. The molecule has 0 aliphatic rings. The third-order valence-corrected chi connectivity index (χ3v) is 3.01. The Morgan fingerprint density at radius 2 is 2.05 bits per heavy atom. The molecule has 0 N–H and O–H groups in total. The van der Waals surface area contributed by atoms with Gasteiger partial charge in [-0.2, -0.15) is 18.2 Å². The lowest BCUT2D eigenvalue weighted by Gasteiger charge is -2.04. The Hall–Kier alpha value is -2.71. The van der Waals surface area contributed by atoms with Gasteiger partial charge in [0.25, 0.3) is 0 Å². The van der Waals surface area contributed by atoms with E-state index in [4.69, 9.17) is 0 Å². The Balaban J connectivity index is 1.79. The number of rotatable bonds is 3. The summed E-state index contributed by atoms with van der Waals surface area (Å²) in [6.45, 7) is 2.39. The molecule has 9 heteroatoms. The summed E-state index contributed by atoms with van der Waals surface area (Å²) in [7, 11) is 0. The van der Waals surface area contributed by atoms with E-state index in [-0.39, 0.29) is 5.82 Å². The Labute approximate surface area is 122 Å². The molecule has 3 heterocycles. The van der Waals surface area contributed by atoms with Crippen molar-refractivity contribution in [2.75, 3.05) is 0 Å². The average Bonchev–Trinajstić information content (AvgIpc) is 3.09. The number of pyridine rings is 1. The molecule has 114 valence electrons. The summed E-state index contributed by atoms with van der Waals surface area (Å²) >= 11 is 0. The van der Waals surface area contributed by atoms with Gasteiger partial charge in [-0.15, -0.1) is 0 Å². The van der Waals surface area contributed by atoms with Gasteiger partial charge in [-0.3, -0.25) is 4.98 Å². The lowest BCUT2D eigenvalue weighted by Crippen LogP contribution is -2.05. The van der Waals surface area contributed by atoms with E-state index in [0.717, 1.165) is 11.5 Å². The van der Waals surface area contributed by atoms with Crippen molar-refractivity contribution in [2.24, 2.45) is 0 Å². The van der Waals surface area contributed by atoms with E-state index in [9.17, 15) is 13.2 Å². The first-order chi connectivity index (χ1) is 10.4. The Morgan fingerprint density at radius 3 is 2.59 bits per heavy atom. The van der Waals surface area contributed by atoms with Gasteiger partial charge >= 0.3 is 12.1 Å². The van der Waals surface area contributed by atoms with E-state index in [1.54, 1.807) is 18.3 Å². The minimum atomic E-state index is -4.66. The number of imidazole rings is 1. The highest BCUT2D eigenvalue weighted by atomic mass is 19.4. The molecule has 0 radical (unpaired) electrons. The van der Waals surface area contributed by atoms with Crippen LogP contribution in [0, 0.1) is 6.92 Å². The smallest absolute Gasteiger partial charge is 0.329 e. The predicted molar refractivity (Wildman–Crippen MR) is 68.6 cm³/mol. The normalized spacial score (nSPS) is 11.8. The first-order valence-corrected chi connectivity index (χ1v) is 6.27. The summed E-state index contributed by atoms with van der Waals surface area (Å²) in [6, 6.07) is 3.29. The van der Waals surface area contributed by atoms with Crippen LogP contribution in [0.3, 0.4) is 0 Å². The van der Waals surface area contributed by atoms with Gasteiger partial charge in [0.05, 0.1) is 12.2 Å². The Kier molecular flexibility index (Phi) is 3.39. The molecular formula is C13H10F3N5O. The lowest BCUT2D eigenvalue weighted by molar-refractivity contribution is -0.159. The lowest BCUT2D eigenvalue weighted by atomic mass is 10.2. The second-order valence-corrected chi connectivity index (χ2v) is 4.56. The number of halogens is 3. The highest BCUT2D eigenvalue weighted by Gasteiger charge is 2.38. The van der Waals surface area contributed by atoms with Crippen LogP contribution in [0.4, 0.5) is 13.2 Å². The van der Waals surface area contributed by atoms with Gasteiger partial charge in [0, 0.05) is 24.2 Å². The predicted octanol–water partition coefficient (Wildman–Crippen LogP) is 2.70. The van der Waals surface area contributed by atoms with Crippen LogP contribution >= 0.6 is 0 Å². The summed E-state index contributed by atoms with van der Waals surface area (Å²) in [5.41, 5.74) is 1.09. The molecule has 3 aromatic rings. The molecule has 3 aromatic heterocycles. The first-order valence-electron chi connectivity index (χ1n) is 6.27. The van der Waals surface area contributed by atoms with Crippen LogP contribution in [0.1, 0.15) is 17.4 Å². The highest BCUT2D eigenvalue weighted by molar-refractivity contribution is 5.52. The molecule has 0 aliphatic heterocycles. The zero-order chi connectivity index (χ0) is 15.7. The van der Waals surface area contributed by atoms with Gasteiger partial charge in [-0.05, 0) is 19.1 Å². The van der Waals surface area contributed by atoms with Crippen molar-refractivity contribution in [1.29, 1.82) is 0 Å². The van der Waals surface area contributed by atoms with E-state index in [0.29, 0.717) is 12.1 Å². The molecule has 6 nitrogen and oxygen atoms in total. The van der Waals surface area contributed by atoms with Gasteiger partial charge in [-0.1, -0.05) is 5.16 Å². The van der Waals surface area contributed by atoms with Crippen LogP contribution in [-0.4, -0.2) is 24.7 Å². The SMILES string of the molecule is Cc1nccn1Cc1ccc(-c2noc(C(F)(F)F)n2)cn1. The number of aromatic nitrogens is 5. The molecule has 0 aliphatic carbocycles. The molecule has 0 bridgehead atoms. The van der Waals surface area contributed by atoms with Crippen LogP contribution in [-0.2, 0) is 12.7 Å². The van der Waals surface area contributed by atoms with Crippen molar-refractivity contribution < 1.29 is 17.7 Å². The molecule has 0 atom stereocenters. The highest BCUT2D eigenvalue weighted by Crippen LogP contribution is 2.29. The van der Waals surface area contributed by atoms with Crippen LogP contribution in [0.25, 0.3) is 11.4 Å². The molecule has 3 rings (SSSR count). The van der Waals surface area contributed by atoms with E-state index in [2.05, 4.69) is 24.6 Å². The summed E-state index contributed by atoms with van der Waals surface area (Å²) < 4.78 is 43.3. The van der Waals surface area contributed by atoms with Crippen molar-refractivity contribution in [1.82, 2.24) is 24.7 Å². The first kappa shape index (κ1) is 14.2. The maximum Gasteiger partial charge on any atom is 0.471 e. The third kappa shape index (κ3) is 2.83. The standard InChI is InChI=1S/C13H10F3N5O/c1-8-17-4-5-21(8)7-10-3-2-9(6-18-10)11-19-12(22-20-11)13(14,15)16/h2-6H,7H2,1H3. The van der Waals surface area contributed by atoms with Crippen molar-refractivity contribution >= 4 is 0 Å². The van der Waals surface area contributed by atoms with Gasteiger partial charge in [0.15, 0.2) is 0 Å². The maximum atomic E-state index is 12.4. The zero-order valence-corrected chi connectivity index (χ0v) is 11.4. The van der Waals surface area contributed by atoms with E-state index < -0.39 is 12.1 Å². The van der Waals surface area contributed by atoms with Crippen LogP contribution in [0.5, 0.6) is 0 Å². The molecule has 0 unspecified atom stereocenters. The average molecular weight is 309 g/mol. The van der Waals surface area contributed by atoms with Crippen molar-refractivity contribution in [3.8, 4) is 11.4 Å². The molecule has 0 fully saturated rings. The topological polar surface area (TPSA) is 69.6 Å². The van der Waals surface area contributed by atoms with E-state index >= 15 is 0 Å². The van der Waals surface area contributed by atoms with E-state index in [1.165, 1.54) is 6.20 Å². The zero-order valence-electron chi connectivity index (χ0n) is 11.4. The molecule has 0 amide bonds. The fourth-order valence-electron chi connectivity index (χ4n) is 1.85. The van der Waals surface area contributed by atoms with Crippen LogP contribution in [0.2, 0.25) is 0 Å². The molecule has 0 spiro atoms. The summed E-state index contributed by atoms with van der Waals surface area (Å²) in [5, 5.41) is 3.31. The number of hydrogen-bond donors (Lipinski definition) is 0. The molecule has 0 saturated carbocycles. The third-order valence-electron chi connectivity index (χ3n) is 3.01. The Bertz CT molecular complexity index is 776. The van der Waals surface area contributed by atoms with Crippen molar-refractivity contribution in [2.45, 2.75) is 19.6 Å². The maximum absolute atomic E-state index is 12.4. The minimum Gasteiger partial charge on any atom is -0.329 e. The van der Waals surface area contributed by atoms with Crippen LogP contribution < -0.4 is 0 Å². The molecule has 0 saturated heterocycles. The fraction of sp³-hybridized carbons (Fsp3) is 0.231. The largest absolute Gasteiger partial charge is 0.471 e. The van der Waals surface area contributed by atoms with Crippen LogP contribution in [0.15, 0.2) is 35.2 Å². The van der Waals surface area contributed by atoms with Gasteiger partial charge < -0.3 is 9.09 Å². The number of hydrogen-bond acceptors (Lipinski definition) is 5. The number of alkyl halides is 3.